The molecule has 2 rings (SSSR count). The summed E-state index contributed by atoms with van der Waals surface area (Å²) in [4.78, 5) is 3.67. The number of nitrogen functional groups attached to an aromatic ring is 1. The van der Waals surface area contributed by atoms with E-state index in [-0.39, 0.29) is 0 Å². The second-order valence-corrected chi connectivity index (χ2v) is 5.99. The van der Waals surface area contributed by atoms with E-state index in [4.69, 9.17) is 5.73 Å². The molecular weight excluding hydrogens is 296 g/mol. The molecule has 0 aliphatic carbocycles. The molecule has 4 heteroatoms. The van der Waals surface area contributed by atoms with Gasteiger partial charge in [0.2, 0.25) is 0 Å². The molecule has 0 amide bonds. The number of hydrogen-bond donors (Lipinski definition) is 1. The minimum absolute atomic E-state index is 0.813. The lowest BCUT2D eigenvalue weighted by Gasteiger charge is -2.17. The number of benzene rings is 1. The normalized spacial score (nSPS) is 11.0. The highest BCUT2D eigenvalue weighted by Crippen LogP contribution is 2.21. The summed E-state index contributed by atoms with van der Waals surface area (Å²) in [6, 6.07) is 10.2. The lowest BCUT2D eigenvalue weighted by atomic mass is 10.2. The van der Waals surface area contributed by atoms with Crippen molar-refractivity contribution in [2.45, 2.75) is 13.1 Å². The molecule has 0 unspecified atom stereocenters. The molecule has 0 fully saturated rings. The Morgan fingerprint density at radius 1 is 1.29 bits per heavy atom. The summed E-state index contributed by atoms with van der Waals surface area (Å²) < 4.78 is 1.12. The van der Waals surface area contributed by atoms with Crippen LogP contribution in [0.2, 0.25) is 0 Å². The highest BCUT2D eigenvalue weighted by atomic mass is 79.9. The summed E-state index contributed by atoms with van der Waals surface area (Å²) in [5.74, 6) is 0. The van der Waals surface area contributed by atoms with Crippen LogP contribution in [0, 0.1) is 0 Å². The van der Waals surface area contributed by atoms with E-state index in [1.54, 1.807) is 11.3 Å². The van der Waals surface area contributed by atoms with Gasteiger partial charge in [-0.2, -0.15) is 0 Å². The molecule has 0 spiro atoms. The Bertz CT molecular complexity index is 482. The van der Waals surface area contributed by atoms with Crippen LogP contribution in [0.25, 0.3) is 0 Å². The van der Waals surface area contributed by atoms with Crippen molar-refractivity contribution in [2.24, 2.45) is 0 Å². The summed E-state index contributed by atoms with van der Waals surface area (Å²) in [5.41, 5.74) is 7.84. The van der Waals surface area contributed by atoms with E-state index in [1.807, 2.05) is 18.2 Å². The second-order valence-electron chi connectivity index (χ2n) is 4.10. The predicted molar refractivity (Wildman–Crippen MR) is 78.0 cm³/mol. The van der Waals surface area contributed by atoms with Crippen LogP contribution < -0.4 is 5.73 Å². The van der Waals surface area contributed by atoms with E-state index in [2.05, 4.69) is 45.4 Å². The Labute approximate surface area is 114 Å². The third-order valence-electron chi connectivity index (χ3n) is 2.52. The molecule has 2 nitrogen and oxygen atoms in total. The third kappa shape index (κ3) is 3.56. The summed E-state index contributed by atoms with van der Waals surface area (Å²) >= 11 is 5.35. The van der Waals surface area contributed by atoms with Gasteiger partial charge in [-0.25, -0.2) is 0 Å². The third-order valence-corrected chi connectivity index (χ3v) is 4.15. The molecule has 0 atom stereocenters. The predicted octanol–water partition coefficient (Wildman–Crippen LogP) is 3.72. The van der Waals surface area contributed by atoms with Crippen molar-refractivity contribution >= 4 is 33.0 Å². The van der Waals surface area contributed by atoms with Gasteiger partial charge in [-0.15, -0.1) is 11.3 Å². The Morgan fingerprint density at radius 3 is 2.82 bits per heavy atom. The molecule has 2 N–H and O–H groups in total. The Morgan fingerprint density at radius 2 is 2.12 bits per heavy atom. The van der Waals surface area contributed by atoms with E-state index >= 15 is 0 Å². The van der Waals surface area contributed by atoms with Crippen LogP contribution in [0.1, 0.15) is 10.4 Å². The molecule has 0 aliphatic rings. The van der Waals surface area contributed by atoms with Gasteiger partial charge in [0.15, 0.2) is 0 Å². The van der Waals surface area contributed by atoms with E-state index in [0.717, 1.165) is 23.2 Å². The lowest BCUT2D eigenvalue weighted by molar-refractivity contribution is 0.321. The molecule has 1 aromatic carbocycles. The van der Waals surface area contributed by atoms with Gasteiger partial charge in [-0.1, -0.05) is 22.0 Å². The summed E-state index contributed by atoms with van der Waals surface area (Å²) in [7, 11) is 2.12. The largest absolute Gasteiger partial charge is 0.399 e. The molecule has 90 valence electrons. The fraction of sp³-hybridized carbons (Fsp3) is 0.231. The number of nitrogens with zero attached hydrogens (tertiary/aromatic N) is 1. The van der Waals surface area contributed by atoms with Crippen LogP contribution in [0.5, 0.6) is 0 Å². The first kappa shape index (κ1) is 12.6. The van der Waals surface area contributed by atoms with Gasteiger partial charge in [0.1, 0.15) is 0 Å². The van der Waals surface area contributed by atoms with Crippen molar-refractivity contribution in [2.75, 3.05) is 12.8 Å². The molecular formula is C13H15BrN2S. The zero-order chi connectivity index (χ0) is 12.3. The molecule has 0 saturated heterocycles. The van der Waals surface area contributed by atoms with Crippen molar-refractivity contribution in [3.05, 3.63) is 50.6 Å². The fourth-order valence-electron chi connectivity index (χ4n) is 1.73. The van der Waals surface area contributed by atoms with E-state index in [0.29, 0.717) is 0 Å². The van der Waals surface area contributed by atoms with E-state index in [1.165, 1.54) is 10.4 Å². The molecule has 0 saturated carbocycles. The van der Waals surface area contributed by atoms with Crippen molar-refractivity contribution in [3.63, 3.8) is 0 Å². The van der Waals surface area contributed by atoms with Gasteiger partial charge in [0.25, 0.3) is 0 Å². The number of hydrogen-bond acceptors (Lipinski definition) is 3. The van der Waals surface area contributed by atoms with Gasteiger partial charge >= 0.3 is 0 Å². The van der Waals surface area contributed by atoms with Crippen molar-refractivity contribution < 1.29 is 0 Å². The Kier molecular flexibility index (Phi) is 4.20. The number of rotatable bonds is 4. The number of nitrogens with two attached hydrogens (primary N) is 1. The minimum atomic E-state index is 0.813. The van der Waals surface area contributed by atoms with Crippen LogP contribution in [0.3, 0.4) is 0 Å². The topological polar surface area (TPSA) is 29.3 Å². The fourth-order valence-corrected chi connectivity index (χ4v) is 2.89. The van der Waals surface area contributed by atoms with Crippen LogP contribution in [0.4, 0.5) is 5.69 Å². The summed E-state index contributed by atoms with van der Waals surface area (Å²) in [6.45, 7) is 1.86. The average molecular weight is 311 g/mol. The first-order valence-corrected chi connectivity index (χ1v) is 7.07. The quantitative estimate of drug-likeness (QED) is 0.872. The van der Waals surface area contributed by atoms with Gasteiger partial charge in [-0.05, 0) is 42.3 Å². The number of anilines is 1. The molecule has 2 aromatic rings. The molecule has 1 heterocycles. The van der Waals surface area contributed by atoms with Crippen molar-refractivity contribution in [1.29, 1.82) is 0 Å². The average Bonchev–Trinajstić information content (AvgIpc) is 2.76. The second kappa shape index (κ2) is 5.67. The first-order valence-electron chi connectivity index (χ1n) is 5.40. The number of halogens is 1. The zero-order valence-corrected chi connectivity index (χ0v) is 12.1. The van der Waals surface area contributed by atoms with E-state index < -0.39 is 0 Å². The van der Waals surface area contributed by atoms with E-state index in [9.17, 15) is 0 Å². The smallest absolute Gasteiger partial charge is 0.0328 e. The number of thiophene rings is 1. The van der Waals surface area contributed by atoms with Crippen LogP contribution in [0.15, 0.2) is 40.2 Å². The van der Waals surface area contributed by atoms with Gasteiger partial charge in [0.05, 0.1) is 0 Å². The molecule has 0 radical (unpaired) electrons. The maximum atomic E-state index is 5.80. The molecule has 1 aromatic heterocycles. The Hall–Kier alpha value is -0.840. The van der Waals surface area contributed by atoms with Crippen LogP contribution in [-0.2, 0) is 13.1 Å². The van der Waals surface area contributed by atoms with Crippen molar-refractivity contribution in [3.8, 4) is 0 Å². The maximum absolute atomic E-state index is 5.80. The molecule has 17 heavy (non-hydrogen) atoms. The SMILES string of the molecule is CN(Cc1cccs1)Cc1cc(N)ccc1Br. The van der Waals surface area contributed by atoms with Crippen LogP contribution in [-0.4, -0.2) is 11.9 Å². The molecule has 0 aliphatic heterocycles. The minimum Gasteiger partial charge on any atom is -0.399 e. The molecule has 0 bridgehead atoms. The highest BCUT2D eigenvalue weighted by molar-refractivity contribution is 9.10. The summed E-state index contributed by atoms with van der Waals surface area (Å²) in [5, 5.41) is 2.11. The van der Waals surface area contributed by atoms with Gasteiger partial charge < -0.3 is 5.73 Å². The lowest BCUT2D eigenvalue weighted by Crippen LogP contribution is -2.16. The first-order chi connectivity index (χ1) is 8.15. The van der Waals surface area contributed by atoms with Gasteiger partial charge in [-0.3, -0.25) is 4.90 Å². The summed E-state index contributed by atoms with van der Waals surface area (Å²) in [6.07, 6.45) is 0. The Balaban J connectivity index is 2.02. The standard InChI is InChI=1S/C13H15BrN2S/c1-16(9-12-3-2-6-17-12)8-10-7-11(15)4-5-13(10)14/h2-7H,8-9,15H2,1H3. The van der Waals surface area contributed by atoms with Crippen molar-refractivity contribution in [1.82, 2.24) is 4.90 Å². The maximum Gasteiger partial charge on any atom is 0.0328 e. The monoisotopic (exact) mass is 310 g/mol. The van der Waals surface area contributed by atoms with Crippen LogP contribution >= 0.6 is 27.3 Å². The zero-order valence-electron chi connectivity index (χ0n) is 9.69. The highest BCUT2D eigenvalue weighted by Gasteiger charge is 2.06. The van der Waals surface area contributed by atoms with Gasteiger partial charge in [0, 0.05) is 28.1 Å².